The summed E-state index contributed by atoms with van der Waals surface area (Å²) >= 11 is 5.15. The van der Waals surface area contributed by atoms with Crippen molar-refractivity contribution in [1.82, 2.24) is 10.0 Å². The van der Waals surface area contributed by atoms with E-state index in [2.05, 4.69) is 10.6 Å². The Balaban J connectivity index is 1.63. The Morgan fingerprint density at radius 1 is 0.938 bits per heavy atom. The number of anilines is 1. The Bertz CT molecular complexity index is 1300. The third kappa shape index (κ3) is 5.59. The average molecular weight is 472 g/mol. The highest BCUT2D eigenvalue weighted by molar-refractivity contribution is 7.90. The first kappa shape index (κ1) is 23.2. The second-order valence-corrected chi connectivity index (χ2v) is 9.15. The minimum absolute atomic E-state index is 0.0107. The van der Waals surface area contributed by atoms with Gasteiger partial charge in [-0.15, -0.1) is 0 Å². The molecular weight excluding hydrogens is 450 g/mol. The van der Waals surface area contributed by atoms with E-state index in [1.165, 1.54) is 24.3 Å². The molecule has 10 heteroatoms. The molecular formula is C22H21N3O5S2. The van der Waals surface area contributed by atoms with Gasteiger partial charge in [-0.1, -0.05) is 12.1 Å². The molecule has 0 spiro atoms. The highest BCUT2D eigenvalue weighted by atomic mass is 32.2. The van der Waals surface area contributed by atoms with Crippen LogP contribution < -0.4 is 15.4 Å². The lowest BCUT2D eigenvalue weighted by atomic mass is 10.1. The first-order valence-electron chi connectivity index (χ1n) is 9.48. The van der Waals surface area contributed by atoms with E-state index >= 15 is 0 Å². The number of carbonyl (C=O) groups excluding carboxylic acids is 2. The van der Waals surface area contributed by atoms with Crippen molar-refractivity contribution in [2.45, 2.75) is 25.7 Å². The molecule has 2 amide bonds. The van der Waals surface area contributed by atoms with Crippen molar-refractivity contribution in [3.05, 3.63) is 71.5 Å². The third-order valence-electron chi connectivity index (χ3n) is 4.55. The van der Waals surface area contributed by atoms with E-state index in [1.54, 1.807) is 12.1 Å². The molecule has 0 bridgehead atoms. The van der Waals surface area contributed by atoms with Gasteiger partial charge in [-0.25, -0.2) is 13.1 Å². The Morgan fingerprint density at radius 2 is 1.62 bits per heavy atom. The van der Waals surface area contributed by atoms with Gasteiger partial charge in [0.1, 0.15) is 5.76 Å². The normalized spacial score (nSPS) is 11.0. The maximum absolute atomic E-state index is 12.4. The van der Waals surface area contributed by atoms with Gasteiger partial charge in [0.2, 0.25) is 5.91 Å². The molecule has 3 rings (SSSR count). The van der Waals surface area contributed by atoms with Gasteiger partial charge >= 0.3 is 0 Å². The van der Waals surface area contributed by atoms with Gasteiger partial charge in [0, 0.05) is 18.2 Å². The van der Waals surface area contributed by atoms with Crippen LogP contribution in [-0.4, -0.2) is 25.3 Å². The molecule has 0 fully saturated rings. The lowest BCUT2D eigenvalue weighted by molar-refractivity contribution is -0.117. The zero-order valence-corrected chi connectivity index (χ0v) is 19.2. The van der Waals surface area contributed by atoms with Gasteiger partial charge in [0.25, 0.3) is 15.9 Å². The van der Waals surface area contributed by atoms with Crippen LogP contribution >= 0.6 is 12.2 Å². The van der Waals surface area contributed by atoms with E-state index in [9.17, 15) is 18.0 Å². The SMILES string of the molecule is CC(=O)NS(=O)(=O)c1ccc(NC(=S)NC(=O)c2ccc(-c3ccc(C)c(C)c3)o2)cc1. The number of aryl methyl sites for hydroxylation is 2. The molecule has 3 aromatic rings. The van der Waals surface area contributed by atoms with Gasteiger partial charge in [0.05, 0.1) is 4.90 Å². The van der Waals surface area contributed by atoms with E-state index < -0.39 is 21.8 Å². The molecule has 3 N–H and O–H groups in total. The van der Waals surface area contributed by atoms with Crippen LogP contribution in [0.2, 0.25) is 0 Å². The van der Waals surface area contributed by atoms with Crippen molar-refractivity contribution in [3.63, 3.8) is 0 Å². The standard InChI is InChI=1S/C22H21N3O5S2/c1-13-4-5-16(12-14(13)2)19-10-11-20(30-19)21(27)24-22(31)23-17-6-8-18(9-7-17)32(28,29)25-15(3)26/h4-12H,1-3H3,(H,25,26)(H2,23,24,27,31). The smallest absolute Gasteiger partial charge is 0.293 e. The Hall–Kier alpha value is -3.50. The molecule has 0 saturated carbocycles. The van der Waals surface area contributed by atoms with E-state index in [1.807, 2.05) is 36.8 Å². The summed E-state index contributed by atoms with van der Waals surface area (Å²) in [5, 5.41) is 5.31. The van der Waals surface area contributed by atoms with Crippen LogP contribution in [0, 0.1) is 13.8 Å². The predicted octanol–water partition coefficient (Wildman–Crippen LogP) is 3.52. The number of amides is 2. The first-order chi connectivity index (χ1) is 15.0. The van der Waals surface area contributed by atoms with Crippen LogP contribution in [0.15, 0.2) is 63.9 Å². The van der Waals surface area contributed by atoms with Gasteiger partial charge in [-0.2, -0.15) is 0 Å². The zero-order chi connectivity index (χ0) is 23.5. The molecule has 166 valence electrons. The molecule has 0 atom stereocenters. The predicted molar refractivity (Wildman–Crippen MR) is 125 cm³/mol. The molecule has 1 heterocycles. The number of furan rings is 1. The first-order valence-corrected chi connectivity index (χ1v) is 11.4. The third-order valence-corrected chi connectivity index (χ3v) is 6.20. The van der Waals surface area contributed by atoms with Crippen LogP contribution in [0.5, 0.6) is 0 Å². The van der Waals surface area contributed by atoms with E-state index in [0.717, 1.165) is 23.6 Å². The summed E-state index contributed by atoms with van der Waals surface area (Å²) < 4.78 is 31.5. The Morgan fingerprint density at radius 3 is 2.25 bits per heavy atom. The largest absolute Gasteiger partial charge is 0.451 e. The van der Waals surface area contributed by atoms with E-state index in [4.69, 9.17) is 16.6 Å². The molecule has 0 aliphatic rings. The van der Waals surface area contributed by atoms with E-state index in [0.29, 0.717) is 11.4 Å². The maximum Gasteiger partial charge on any atom is 0.293 e. The number of benzene rings is 2. The summed E-state index contributed by atoms with van der Waals surface area (Å²) in [7, 11) is -3.93. The highest BCUT2D eigenvalue weighted by Gasteiger charge is 2.16. The van der Waals surface area contributed by atoms with Crippen LogP contribution in [-0.2, 0) is 14.8 Å². The Kier molecular flexibility index (Phi) is 6.75. The quantitative estimate of drug-likeness (QED) is 0.488. The lowest BCUT2D eigenvalue weighted by Crippen LogP contribution is -2.33. The molecule has 0 unspecified atom stereocenters. The summed E-state index contributed by atoms with van der Waals surface area (Å²) in [6, 6.07) is 14.7. The number of rotatable bonds is 5. The molecule has 2 aromatic carbocycles. The van der Waals surface area contributed by atoms with Crippen LogP contribution in [0.25, 0.3) is 11.3 Å². The van der Waals surface area contributed by atoms with Gasteiger partial charge in [-0.05, 0) is 79.7 Å². The zero-order valence-electron chi connectivity index (χ0n) is 17.6. The van der Waals surface area contributed by atoms with Crippen LogP contribution in [0.4, 0.5) is 5.69 Å². The van der Waals surface area contributed by atoms with Crippen molar-refractivity contribution in [1.29, 1.82) is 0 Å². The fraction of sp³-hybridized carbons (Fsp3) is 0.136. The number of nitrogens with one attached hydrogen (secondary N) is 3. The second kappa shape index (κ2) is 9.33. The summed E-state index contributed by atoms with van der Waals surface area (Å²) in [6.07, 6.45) is 0. The Labute approximate surface area is 191 Å². The molecule has 0 radical (unpaired) electrons. The molecule has 0 aliphatic heterocycles. The van der Waals surface area contributed by atoms with Crippen molar-refractivity contribution >= 4 is 44.9 Å². The fourth-order valence-corrected chi connectivity index (χ4v) is 4.00. The topological polar surface area (TPSA) is 118 Å². The van der Waals surface area contributed by atoms with Crippen LogP contribution in [0.1, 0.15) is 28.6 Å². The van der Waals surface area contributed by atoms with Crippen molar-refractivity contribution in [2.24, 2.45) is 0 Å². The minimum Gasteiger partial charge on any atom is -0.451 e. The minimum atomic E-state index is -3.93. The van der Waals surface area contributed by atoms with Crippen LogP contribution in [0.3, 0.4) is 0 Å². The number of sulfonamides is 1. The monoisotopic (exact) mass is 471 g/mol. The molecule has 0 aliphatic carbocycles. The van der Waals surface area contributed by atoms with Crippen molar-refractivity contribution < 1.29 is 22.4 Å². The van der Waals surface area contributed by atoms with Gasteiger partial charge in [-0.3, -0.25) is 14.9 Å². The second-order valence-electron chi connectivity index (χ2n) is 7.06. The maximum atomic E-state index is 12.4. The van der Waals surface area contributed by atoms with Crippen molar-refractivity contribution in [3.8, 4) is 11.3 Å². The number of carbonyl (C=O) groups is 2. The molecule has 0 saturated heterocycles. The average Bonchev–Trinajstić information content (AvgIpc) is 3.20. The summed E-state index contributed by atoms with van der Waals surface area (Å²) in [5.41, 5.74) is 3.59. The summed E-state index contributed by atoms with van der Waals surface area (Å²) in [4.78, 5) is 23.4. The highest BCUT2D eigenvalue weighted by Crippen LogP contribution is 2.24. The fourth-order valence-electron chi connectivity index (χ4n) is 2.80. The molecule has 32 heavy (non-hydrogen) atoms. The lowest BCUT2D eigenvalue weighted by Gasteiger charge is -2.10. The summed E-state index contributed by atoms with van der Waals surface area (Å²) in [5.74, 6) is -0.552. The molecule has 8 nitrogen and oxygen atoms in total. The van der Waals surface area contributed by atoms with Crippen molar-refractivity contribution in [2.75, 3.05) is 5.32 Å². The number of thiocarbonyl (C=S) groups is 1. The van der Waals surface area contributed by atoms with Gasteiger partial charge < -0.3 is 9.73 Å². The number of hydrogen-bond donors (Lipinski definition) is 3. The van der Waals surface area contributed by atoms with E-state index in [-0.39, 0.29) is 15.8 Å². The number of hydrogen-bond acceptors (Lipinski definition) is 6. The molecule has 1 aromatic heterocycles. The summed E-state index contributed by atoms with van der Waals surface area (Å²) in [6.45, 7) is 5.13. The van der Waals surface area contributed by atoms with Gasteiger partial charge in [0.15, 0.2) is 10.9 Å².